The fraction of sp³-hybridized carbons (Fsp3) is 0.235. The van der Waals surface area contributed by atoms with Gasteiger partial charge in [0.2, 0.25) is 0 Å². The number of hydrogen-bond acceptors (Lipinski definition) is 3. The molecule has 23 heavy (non-hydrogen) atoms. The highest BCUT2D eigenvalue weighted by Gasteiger charge is 2.16. The first-order chi connectivity index (χ1) is 11.1. The Morgan fingerprint density at radius 3 is 2.78 bits per heavy atom. The lowest BCUT2D eigenvalue weighted by Crippen LogP contribution is -1.99. The van der Waals surface area contributed by atoms with Crippen LogP contribution in [0.15, 0.2) is 24.4 Å². The molecule has 0 radical (unpaired) electrons. The molecule has 0 unspecified atom stereocenters. The molecule has 1 aromatic carbocycles. The van der Waals surface area contributed by atoms with Gasteiger partial charge in [-0.05, 0) is 43.2 Å². The third-order valence-electron chi connectivity index (χ3n) is 4.13. The van der Waals surface area contributed by atoms with E-state index in [9.17, 15) is 0 Å². The lowest BCUT2D eigenvalue weighted by atomic mass is 10.0. The van der Waals surface area contributed by atoms with E-state index in [1.165, 1.54) is 0 Å². The molecule has 3 aromatic heterocycles. The Hall–Kier alpha value is -2.40. The Bertz CT molecular complexity index is 1040. The number of aryl methyl sites for hydroxylation is 3. The van der Waals surface area contributed by atoms with Gasteiger partial charge >= 0.3 is 0 Å². The number of nitrogens with zero attached hydrogens (tertiary/aromatic N) is 4. The van der Waals surface area contributed by atoms with Gasteiger partial charge in [0.25, 0.3) is 0 Å². The summed E-state index contributed by atoms with van der Waals surface area (Å²) in [5, 5.41) is 13.5. The van der Waals surface area contributed by atoms with Gasteiger partial charge in [-0.1, -0.05) is 18.5 Å². The van der Waals surface area contributed by atoms with Crippen LogP contribution < -0.4 is 0 Å². The first kappa shape index (κ1) is 14.2. The van der Waals surface area contributed by atoms with Crippen molar-refractivity contribution in [1.29, 1.82) is 0 Å². The first-order valence-corrected chi connectivity index (χ1v) is 7.95. The van der Waals surface area contributed by atoms with Crippen molar-refractivity contribution in [1.82, 2.24) is 24.8 Å². The quantitative estimate of drug-likeness (QED) is 0.603. The van der Waals surface area contributed by atoms with Crippen molar-refractivity contribution >= 4 is 28.2 Å². The van der Waals surface area contributed by atoms with E-state index in [0.29, 0.717) is 10.7 Å². The number of pyridine rings is 1. The van der Waals surface area contributed by atoms with E-state index >= 15 is 0 Å². The largest absolute Gasteiger partial charge is 0.278 e. The third kappa shape index (κ3) is 2.11. The Morgan fingerprint density at radius 2 is 2.00 bits per heavy atom. The van der Waals surface area contributed by atoms with Crippen molar-refractivity contribution in [3.8, 4) is 11.3 Å². The number of nitrogens with one attached hydrogen (secondary N) is 1. The van der Waals surface area contributed by atoms with E-state index < -0.39 is 0 Å². The molecule has 4 rings (SSSR count). The van der Waals surface area contributed by atoms with Crippen molar-refractivity contribution in [2.24, 2.45) is 0 Å². The van der Waals surface area contributed by atoms with Crippen molar-refractivity contribution in [3.63, 3.8) is 0 Å². The number of rotatable bonds is 2. The molecule has 0 aliphatic heterocycles. The molecule has 0 fully saturated rings. The first-order valence-electron chi connectivity index (χ1n) is 7.57. The number of fused-ring (bicyclic) bond motifs is 2. The minimum absolute atomic E-state index is 0.625. The summed E-state index contributed by atoms with van der Waals surface area (Å²) in [5.41, 5.74) is 6.08. The molecule has 4 aromatic rings. The van der Waals surface area contributed by atoms with E-state index in [1.54, 1.807) is 0 Å². The summed E-state index contributed by atoms with van der Waals surface area (Å²) < 4.78 is 1.86. The predicted octanol–water partition coefficient (Wildman–Crippen LogP) is 4.11. The monoisotopic (exact) mass is 325 g/mol. The standard InChI is InChI=1S/C17H16ClN5/c1-4-14-20-17-13(18)6-10(3)16(23(17)22-14)11-5-9(2)15-12(7-11)8-19-21-15/h5-8H,4H2,1-3H3,(H,19,21). The number of aromatic nitrogens is 5. The topological polar surface area (TPSA) is 58.9 Å². The molecule has 0 saturated carbocycles. The molecule has 0 aliphatic rings. The Labute approximate surface area is 138 Å². The molecule has 0 bridgehead atoms. The van der Waals surface area contributed by atoms with Crippen molar-refractivity contribution in [2.45, 2.75) is 27.2 Å². The van der Waals surface area contributed by atoms with Gasteiger partial charge in [0.15, 0.2) is 11.5 Å². The van der Waals surface area contributed by atoms with Crippen LogP contribution in [0.5, 0.6) is 0 Å². The van der Waals surface area contributed by atoms with Gasteiger partial charge in [-0.25, -0.2) is 9.50 Å². The zero-order chi connectivity index (χ0) is 16.1. The Morgan fingerprint density at radius 1 is 1.17 bits per heavy atom. The summed E-state index contributed by atoms with van der Waals surface area (Å²) in [6.45, 7) is 6.16. The Kier molecular flexibility index (Phi) is 3.13. The van der Waals surface area contributed by atoms with Gasteiger partial charge in [0.05, 0.1) is 22.4 Å². The maximum absolute atomic E-state index is 6.36. The van der Waals surface area contributed by atoms with Gasteiger partial charge < -0.3 is 0 Å². The van der Waals surface area contributed by atoms with Crippen LogP contribution in [0.4, 0.5) is 0 Å². The van der Waals surface area contributed by atoms with Gasteiger partial charge in [-0.3, -0.25) is 5.10 Å². The molecule has 0 aliphatic carbocycles. The summed E-state index contributed by atoms with van der Waals surface area (Å²) in [4.78, 5) is 4.53. The van der Waals surface area contributed by atoms with Crippen LogP contribution in [0.2, 0.25) is 5.02 Å². The third-order valence-corrected chi connectivity index (χ3v) is 4.41. The van der Waals surface area contributed by atoms with Gasteiger partial charge in [0, 0.05) is 17.4 Å². The predicted molar refractivity (Wildman–Crippen MR) is 91.9 cm³/mol. The molecular formula is C17H16ClN5. The minimum Gasteiger partial charge on any atom is -0.278 e. The minimum atomic E-state index is 0.625. The molecule has 5 nitrogen and oxygen atoms in total. The fourth-order valence-electron chi connectivity index (χ4n) is 3.03. The number of benzene rings is 1. The summed E-state index contributed by atoms with van der Waals surface area (Å²) in [6, 6.07) is 6.22. The van der Waals surface area contributed by atoms with Crippen molar-refractivity contribution in [2.75, 3.05) is 0 Å². The number of halogens is 1. The Balaban J connectivity index is 2.08. The van der Waals surface area contributed by atoms with E-state index in [-0.39, 0.29) is 0 Å². The molecule has 0 saturated heterocycles. The van der Waals surface area contributed by atoms with Gasteiger partial charge in [-0.15, -0.1) is 0 Å². The summed E-state index contributed by atoms with van der Waals surface area (Å²) >= 11 is 6.36. The molecule has 0 amide bonds. The number of aromatic amines is 1. The van der Waals surface area contributed by atoms with E-state index in [1.807, 2.05) is 30.6 Å². The second-order valence-corrected chi connectivity index (χ2v) is 6.18. The van der Waals surface area contributed by atoms with Crippen LogP contribution >= 0.6 is 11.6 Å². The lowest BCUT2D eigenvalue weighted by Gasteiger charge is -2.11. The molecular weight excluding hydrogens is 310 g/mol. The van der Waals surface area contributed by atoms with E-state index in [2.05, 4.69) is 39.3 Å². The average Bonchev–Trinajstić information content (AvgIpc) is 3.13. The van der Waals surface area contributed by atoms with Crippen LogP contribution in [0.25, 0.3) is 27.8 Å². The smallest absolute Gasteiger partial charge is 0.174 e. The number of H-pyrrole nitrogens is 1. The van der Waals surface area contributed by atoms with Crippen LogP contribution in [0, 0.1) is 13.8 Å². The molecule has 0 atom stereocenters. The molecule has 6 heteroatoms. The fourth-order valence-corrected chi connectivity index (χ4v) is 3.31. The second kappa shape index (κ2) is 5.06. The highest BCUT2D eigenvalue weighted by atomic mass is 35.5. The highest BCUT2D eigenvalue weighted by Crippen LogP contribution is 2.31. The summed E-state index contributed by atoms with van der Waals surface area (Å²) in [6.07, 6.45) is 2.61. The van der Waals surface area contributed by atoms with Gasteiger partial charge in [0.1, 0.15) is 0 Å². The van der Waals surface area contributed by atoms with E-state index in [4.69, 9.17) is 11.6 Å². The maximum atomic E-state index is 6.36. The maximum Gasteiger partial charge on any atom is 0.174 e. The SMILES string of the molecule is CCc1nc2c(Cl)cc(C)c(-c3cc(C)c4[nH]ncc4c3)n2n1. The lowest BCUT2D eigenvalue weighted by molar-refractivity contribution is 0.887. The summed E-state index contributed by atoms with van der Waals surface area (Å²) in [5.74, 6) is 0.792. The normalized spacial score (nSPS) is 11.7. The van der Waals surface area contributed by atoms with Crippen LogP contribution in [0.3, 0.4) is 0 Å². The van der Waals surface area contributed by atoms with Crippen molar-refractivity contribution < 1.29 is 0 Å². The summed E-state index contributed by atoms with van der Waals surface area (Å²) in [7, 11) is 0. The van der Waals surface area contributed by atoms with Gasteiger partial charge in [-0.2, -0.15) is 10.2 Å². The van der Waals surface area contributed by atoms with Crippen LogP contribution in [-0.4, -0.2) is 24.8 Å². The van der Waals surface area contributed by atoms with E-state index in [0.717, 1.165) is 45.5 Å². The van der Waals surface area contributed by atoms with Crippen LogP contribution in [0.1, 0.15) is 23.9 Å². The van der Waals surface area contributed by atoms with Crippen molar-refractivity contribution in [3.05, 3.63) is 46.4 Å². The number of hydrogen-bond donors (Lipinski definition) is 1. The molecule has 116 valence electrons. The van der Waals surface area contributed by atoms with Crippen LogP contribution in [-0.2, 0) is 6.42 Å². The second-order valence-electron chi connectivity index (χ2n) is 5.77. The zero-order valence-electron chi connectivity index (χ0n) is 13.2. The average molecular weight is 326 g/mol. The zero-order valence-corrected chi connectivity index (χ0v) is 13.9. The molecule has 0 spiro atoms. The molecule has 1 N–H and O–H groups in total. The highest BCUT2D eigenvalue weighted by molar-refractivity contribution is 6.33. The molecule has 3 heterocycles.